The molecule has 0 fully saturated rings. The van der Waals surface area contributed by atoms with Crippen molar-refractivity contribution in [2.75, 3.05) is 19.0 Å². The van der Waals surface area contributed by atoms with E-state index in [1.54, 1.807) is 0 Å². The van der Waals surface area contributed by atoms with Crippen LogP contribution in [-0.4, -0.2) is 19.6 Å². The van der Waals surface area contributed by atoms with Crippen molar-refractivity contribution in [1.82, 2.24) is 0 Å². The minimum atomic E-state index is -0.446. The van der Waals surface area contributed by atoms with E-state index in [2.05, 4.69) is 19.2 Å². The molecule has 0 saturated carbocycles. The highest BCUT2D eigenvalue weighted by molar-refractivity contribution is 5.90. The van der Waals surface area contributed by atoms with Crippen molar-refractivity contribution < 1.29 is 13.9 Å². The van der Waals surface area contributed by atoms with Crippen LogP contribution in [-0.2, 0) is 4.79 Å². The Morgan fingerprint density at radius 1 is 1.38 bits per heavy atom. The van der Waals surface area contributed by atoms with E-state index in [0.717, 1.165) is 12.8 Å². The molecule has 0 spiro atoms. The van der Waals surface area contributed by atoms with E-state index in [9.17, 15) is 9.18 Å². The lowest BCUT2D eigenvalue weighted by Gasteiger charge is -2.19. The molecule has 0 saturated heterocycles. The van der Waals surface area contributed by atoms with E-state index < -0.39 is 5.82 Å². The van der Waals surface area contributed by atoms with Crippen molar-refractivity contribution in [1.29, 1.82) is 0 Å². The highest BCUT2D eigenvalue weighted by Gasteiger charge is 2.15. The first-order chi connectivity index (χ1) is 9.97. The summed E-state index contributed by atoms with van der Waals surface area (Å²) in [6.07, 6.45) is 2.16. The molecule has 0 aliphatic heterocycles. The summed E-state index contributed by atoms with van der Waals surface area (Å²) < 4.78 is 18.2. The molecule has 1 rings (SSSR count). The second kappa shape index (κ2) is 8.62. The van der Waals surface area contributed by atoms with Crippen LogP contribution >= 0.6 is 0 Å². The summed E-state index contributed by atoms with van der Waals surface area (Å²) in [6.45, 7) is 4.92. The molecule has 0 aromatic heterocycles. The lowest BCUT2D eigenvalue weighted by Crippen LogP contribution is -2.18. The second-order valence-corrected chi connectivity index (χ2v) is 5.52. The number of carbonyl (C=O) groups excluding carboxylic acids is 1. The van der Waals surface area contributed by atoms with E-state index in [0.29, 0.717) is 30.5 Å². The van der Waals surface area contributed by atoms with Crippen LogP contribution in [0, 0.1) is 17.7 Å². The lowest BCUT2D eigenvalue weighted by molar-refractivity contribution is -0.116. The van der Waals surface area contributed by atoms with Gasteiger partial charge in [0.15, 0.2) is 11.6 Å². The molecule has 1 aromatic rings. The number of ether oxygens (including phenoxy) is 1. The maximum atomic E-state index is 13.3. The van der Waals surface area contributed by atoms with Gasteiger partial charge >= 0.3 is 0 Å². The van der Waals surface area contributed by atoms with Crippen LogP contribution < -0.4 is 15.8 Å². The van der Waals surface area contributed by atoms with Crippen LogP contribution in [0.5, 0.6) is 5.75 Å². The van der Waals surface area contributed by atoms with Crippen molar-refractivity contribution >= 4 is 11.6 Å². The van der Waals surface area contributed by atoms with Gasteiger partial charge in [0.25, 0.3) is 0 Å². The number of halogens is 1. The van der Waals surface area contributed by atoms with Gasteiger partial charge in [0.2, 0.25) is 5.91 Å². The molecule has 5 heteroatoms. The summed E-state index contributed by atoms with van der Waals surface area (Å²) >= 11 is 0. The van der Waals surface area contributed by atoms with Gasteiger partial charge in [-0.15, -0.1) is 0 Å². The Balaban J connectivity index is 2.53. The van der Waals surface area contributed by atoms with Gasteiger partial charge in [0.05, 0.1) is 7.11 Å². The number of amides is 1. The van der Waals surface area contributed by atoms with Crippen LogP contribution in [0.15, 0.2) is 18.2 Å². The molecule has 1 atom stereocenters. The van der Waals surface area contributed by atoms with E-state index in [-0.39, 0.29) is 11.7 Å². The number of methoxy groups -OCH3 is 1. The molecule has 1 amide bonds. The monoisotopic (exact) mass is 296 g/mol. The predicted octanol–water partition coefficient (Wildman–Crippen LogP) is 3.17. The van der Waals surface area contributed by atoms with Gasteiger partial charge in [-0.05, 0) is 43.4 Å². The summed E-state index contributed by atoms with van der Waals surface area (Å²) in [5.41, 5.74) is 6.13. The predicted molar refractivity (Wildman–Crippen MR) is 82.8 cm³/mol. The number of hydrogen-bond acceptors (Lipinski definition) is 3. The number of benzene rings is 1. The Morgan fingerprint density at radius 3 is 2.67 bits per heavy atom. The molecule has 21 heavy (non-hydrogen) atoms. The summed E-state index contributed by atoms with van der Waals surface area (Å²) in [5.74, 6) is 0.552. The third-order valence-electron chi connectivity index (χ3n) is 3.66. The van der Waals surface area contributed by atoms with Gasteiger partial charge < -0.3 is 15.8 Å². The fraction of sp³-hybridized carbons (Fsp3) is 0.562. The van der Waals surface area contributed by atoms with Gasteiger partial charge in [-0.1, -0.05) is 13.8 Å². The zero-order valence-electron chi connectivity index (χ0n) is 13.0. The summed E-state index contributed by atoms with van der Waals surface area (Å²) in [5, 5.41) is 2.76. The first kappa shape index (κ1) is 17.4. The van der Waals surface area contributed by atoms with E-state index >= 15 is 0 Å². The van der Waals surface area contributed by atoms with Gasteiger partial charge in [-0.25, -0.2) is 4.39 Å². The summed E-state index contributed by atoms with van der Waals surface area (Å²) in [7, 11) is 1.39. The Bertz CT molecular complexity index is 464. The fourth-order valence-corrected chi connectivity index (χ4v) is 2.30. The van der Waals surface area contributed by atoms with Crippen LogP contribution in [0.2, 0.25) is 0 Å². The van der Waals surface area contributed by atoms with Gasteiger partial charge in [-0.2, -0.15) is 0 Å². The van der Waals surface area contributed by atoms with Gasteiger partial charge in [-0.3, -0.25) is 4.79 Å². The minimum Gasteiger partial charge on any atom is -0.494 e. The number of rotatable bonds is 8. The Hall–Kier alpha value is -1.62. The maximum absolute atomic E-state index is 13.3. The lowest BCUT2D eigenvalue weighted by atomic mass is 9.88. The smallest absolute Gasteiger partial charge is 0.224 e. The molecular formula is C16H25FN2O2. The number of anilines is 1. The molecular weight excluding hydrogens is 271 g/mol. The molecule has 118 valence electrons. The quantitative estimate of drug-likeness (QED) is 0.774. The number of carbonyl (C=O) groups is 1. The molecule has 0 heterocycles. The largest absolute Gasteiger partial charge is 0.494 e. The molecule has 0 bridgehead atoms. The highest BCUT2D eigenvalue weighted by atomic mass is 19.1. The van der Waals surface area contributed by atoms with Gasteiger partial charge in [0.1, 0.15) is 0 Å². The van der Waals surface area contributed by atoms with Crippen molar-refractivity contribution in [3.05, 3.63) is 24.0 Å². The van der Waals surface area contributed by atoms with Crippen molar-refractivity contribution in [2.45, 2.75) is 33.1 Å². The van der Waals surface area contributed by atoms with Crippen LogP contribution in [0.1, 0.15) is 33.1 Å². The van der Waals surface area contributed by atoms with Crippen LogP contribution in [0.3, 0.4) is 0 Å². The SMILES string of the molecule is COc1cc(NC(=O)CCC(CCN)C(C)C)ccc1F. The minimum absolute atomic E-state index is 0.0775. The third kappa shape index (κ3) is 5.71. The third-order valence-corrected chi connectivity index (χ3v) is 3.66. The topological polar surface area (TPSA) is 64.3 Å². The number of nitrogens with two attached hydrogens (primary N) is 1. The fourth-order valence-electron chi connectivity index (χ4n) is 2.30. The van der Waals surface area contributed by atoms with Crippen LogP contribution in [0.25, 0.3) is 0 Å². The van der Waals surface area contributed by atoms with Crippen molar-refractivity contribution in [2.24, 2.45) is 17.6 Å². The highest BCUT2D eigenvalue weighted by Crippen LogP contribution is 2.23. The average molecular weight is 296 g/mol. The summed E-state index contributed by atoms with van der Waals surface area (Å²) in [6, 6.07) is 4.28. The van der Waals surface area contributed by atoms with Crippen molar-refractivity contribution in [3.63, 3.8) is 0 Å². The number of nitrogens with one attached hydrogen (secondary N) is 1. The zero-order chi connectivity index (χ0) is 15.8. The van der Waals surface area contributed by atoms with E-state index in [1.165, 1.54) is 25.3 Å². The second-order valence-electron chi connectivity index (χ2n) is 5.52. The molecule has 1 unspecified atom stereocenters. The molecule has 0 aliphatic carbocycles. The Labute approximate surface area is 125 Å². The first-order valence-electron chi connectivity index (χ1n) is 7.31. The zero-order valence-corrected chi connectivity index (χ0v) is 13.0. The van der Waals surface area contributed by atoms with Crippen molar-refractivity contribution in [3.8, 4) is 5.75 Å². The first-order valence-corrected chi connectivity index (χ1v) is 7.31. The molecule has 0 radical (unpaired) electrons. The van der Waals surface area contributed by atoms with E-state index in [4.69, 9.17) is 10.5 Å². The normalized spacial score (nSPS) is 12.3. The number of hydrogen-bond donors (Lipinski definition) is 2. The molecule has 1 aromatic carbocycles. The maximum Gasteiger partial charge on any atom is 0.224 e. The molecule has 3 N–H and O–H groups in total. The Morgan fingerprint density at radius 2 is 2.10 bits per heavy atom. The van der Waals surface area contributed by atoms with Gasteiger partial charge in [0, 0.05) is 18.2 Å². The Kier molecular flexibility index (Phi) is 7.15. The average Bonchev–Trinajstić information content (AvgIpc) is 2.45. The summed E-state index contributed by atoms with van der Waals surface area (Å²) in [4.78, 5) is 12.0. The van der Waals surface area contributed by atoms with Crippen LogP contribution in [0.4, 0.5) is 10.1 Å². The molecule has 4 nitrogen and oxygen atoms in total. The standard InChI is InChI=1S/C16H25FN2O2/c1-11(2)12(8-9-18)4-7-16(20)19-13-5-6-14(17)15(10-13)21-3/h5-6,10-12H,4,7-9,18H2,1-3H3,(H,19,20). The van der Waals surface area contributed by atoms with E-state index in [1.807, 2.05) is 0 Å². The molecule has 0 aliphatic rings.